The third-order valence-electron chi connectivity index (χ3n) is 11.0. The van der Waals surface area contributed by atoms with Crippen molar-refractivity contribution in [3.05, 3.63) is 173 Å². The van der Waals surface area contributed by atoms with Crippen LogP contribution >= 0.6 is 0 Å². The molecule has 0 aliphatic heterocycles. The van der Waals surface area contributed by atoms with Gasteiger partial charge in [-0.1, -0.05) is 135 Å². The standard InChI is InChI=1S/C46H39N/c1-3-31-27-34(20-23-42(31)46(2)25-10-5-11-26-46)38-17-12-15-36-28-35-19-22-37(30-40(35)45(36)38)47-43-18-9-8-16-39(43)41-29-33(21-24-44(41)47)32-13-6-4-7-14-32/h4-25,29-30,34H,3,26-28H2,1-2H3. The van der Waals surface area contributed by atoms with E-state index in [-0.39, 0.29) is 5.41 Å². The molecular weight excluding hydrogens is 567 g/mol. The van der Waals surface area contributed by atoms with E-state index >= 15 is 0 Å². The van der Waals surface area contributed by atoms with Crippen molar-refractivity contribution in [3.8, 4) is 27.9 Å². The zero-order valence-corrected chi connectivity index (χ0v) is 27.2. The summed E-state index contributed by atoms with van der Waals surface area (Å²) in [6, 6.07) is 40.7. The molecule has 0 radical (unpaired) electrons. The first-order chi connectivity index (χ1) is 23.1. The molecule has 0 saturated carbocycles. The highest BCUT2D eigenvalue weighted by atomic mass is 15.0. The summed E-state index contributed by atoms with van der Waals surface area (Å²) in [7, 11) is 0. The van der Waals surface area contributed by atoms with Gasteiger partial charge in [0.15, 0.2) is 0 Å². The van der Waals surface area contributed by atoms with Crippen LogP contribution in [-0.2, 0) is 6.42 Å². The number of para-hydroxylation sites is 1. The Kier molecular flexibility index (Phi) is 6.57. The molecule has 0 amide bonds. The first kappa shape index (κ1) is 28.1. The van der Waals surface area contributed by atoms with Gasteiger partial charge >= 0.3 is 0 Å². The molecule has 3 aliphatic carbocycles. The number of nitrogens with zero attached hydrogens (tertiary/aromatic N) is 1. The summed E-state index contributed by atoms with van der Waals surface area (Å²) in [5.41, 5.74) is 16.7. The quantitative estimate of drug-likeness (QED) is 0.184. The molecule has 1 aromatic heterocycles. The van der Waals surface area contributed by atoms with Crippen molar-refractivity contribution in [2.24, 2.45) is 5.41 Å². The van der Waals surface area contributed by atoms with Crippen LogP contribution in [-0.4, -0.2) is 4.57 Å². The fourth-order valence-electron chi connectivity index (χ4n) is 8.61. The molecule has 3 aliphatic rings. The summed E-state index contributed by atoms with van der Waals surface area (Å²) >= 11 is 0. The minimum atomic E-state index is 0.0892. The predicted molar refractivity (Wildman–Crippen MR) is 199 cm³/mol. The zero-order chi connectivity index (χ0) is 31.5. The van der Waals surface area contributed by atoms with E-state index in [4.69, 9.17) is 0 Å². The van der Waals surface area contributed by atoms with Gasteiger partial charge in [-0.2, -0.15) is 0 Å². The van der Waals surface area contributed by atoms with E-state index < -0.39 is 0 Å². The molecule has 6 aromatic rings. The van der Waals surface area contributed by atoms with Crippen LogP contribution in [0, 0.1) is 5.41 Å². The number of allylic oxidation sites excluding steroid dienone is 8. The normalized spacial score (nSPS) is 19.9. The van der Waals surface area contributed by atoms with Gasteiger partial charge in [0, 0.05) is 27.8 Å². The Morgan fingerprint density at radius 3 is 2.45 bits per heavy atom. The molecule has 0 saturated heterocycles. The van der Waals surface area contributed by atoms with Crippen LogP contribution < -0.4 is 0 Å². The average Bonchev–Trinajstić information content (AvgIpc) is 3.67. The fraction of sp³-hybridized carbons (Fsp3) is 0.174. The average molecular weight is 606 g/mol. The van der Waals surface area contributed by atoms with Crippen LogP contribution in [0.1, 0.15) is 55.7 Å². The molecule has 228 valence electrons. The van der Waals surface area contributed by atoms with E-state index in [1.54, 1.807) is 5.57 Å². The van der Waals surface area contributed by atoms with E-state index in [9.17, 15) is 0 Å². The van der Waals surface area contributed by atoms with Crippen molar-refractivity contribution in [3.63, 3.8) is 0 Å². The fourth-order valence-corrected chi connectivity index (χ4v) is 8.61. The largest absolute Gasteiger partial charge is 0.309 e. The highest BCUT2D eigenvalue weighted by Crippen LogP contribution is 2.48. The van der Waals surface area contributed by atoms with Crippen molar-refractivity contribution in [2.75, 3.05) is 0 Å². The van der Waals surface area contributed by atoms with Gasteiger partial charge in [0.1, 0.15) is 0 Å². The second-order valence-electron chi connectivity index (χ2n) is 13.8. The lowest BCUT2D eigenvalue weighted by Crippen LogP contribution is -2.20. The summed E-state index contributed by atoms with van der Waals surface area (Å²) in [6.45, 7) is 4.74. The molecule has 1 heterocycles. The monoisotopic (exact) mass is 605 g/mol. The lowest BCUT2D eigenvalue weighted by atomic mass is 9.70. The van der Waals surface area contributed by atoms with Gasteiger partial charge < -0.3 is 4.57 Å². The van der Waals surface area contributed by atoms with Gasteiger partial charge in [0.05, 0.1) is 11.0 Å². The van der Waals surface area contributed by atoms with Crippen LogP contribution in [0.15, 0.2) is 157 Å². The molecule has 47 heavy (non-hydrogen) atoms. The second kappa shape index (κ2) is 11.0. The highest BCUT2D eigenvalue weighted by molar-refractivity contribution is 6.10. The molecule has 0 bridgehead atoms. The van der Waals surface area contributed by atoms with Crippen molar-refractivity contribution < 1.29 is 0 Å². The van der Waals surface area contributed by atoms with E-state index in [2.05, 4.69) is 164 Å². The van der Waals surface area contributed by atoms with Gasteiger partial charge in [-0.25, -0.2) is 0 Å². The molecule has 0 fully saturated rings. The predicted octanol–water partition coefficient (Wildman–Crippen LogP) is 12.3. The molecule has 9 rings (SSSR count). The lowest BCUT2D eigenvalue weighted by Gasteiger charge is -2.34. The van der Waals surface area contributed by atoms with Gasteiger partial charge in [-0.15, -0.1) is 0 Å². The Morgan fingerprint density at radius 2 is 1.60 bits per heavy atom. The second-order valence-corrected chi connectivity index (χ2v) is 13.8. The number of benzene rings is 5. The van der Waals surface area contributed by atoms with Crippen molar-refractivity contribution in [1.82, 2.24) is 4.57 Å². The first-order valence-corrected chi connectivity index (χ1v) is 17.2. The number of hydrogen-bond donors (Lipinski definition) is 0. The summed E-state index contributed by atoms with van der Waals surface area (Å²) in [5.74, 6) is 0.384. The maximum atomic E-state index is 2.50. The molecule has 2 atom stereocenters. The Balaban J connectivity index is 1.15. The van der Waals surface area contributed by atoms with Gasteiger partial charge in [0.2, 0.25) is 0 Å². The number of aromatic nitrogens is 1. The van der Waals surface area contributed by atoms with E-state index in [0.717, 1.165) is 25.7 Å². The van der Waals surface area contributed by atoms with E-state index in [1.807, 2.05) is 0 Å². The van der Waals surface area contributed by atoms with Gasteiger partial charge in [-0.3, -0.25) is 0 Å². The summed E-state index contributed by atoms with van der Waals surface area (Å²) in [4.78, 5) is 0. The van der Waals surface area contributed by atoms with Crippen molar-refractivity contribution in [1.29, 1.82) is 0 Å². The van der Waals surface area contributed by atoms with E-state index in [1.165, 1.54) is 72.0 Å². The number of hydrogen-bond acceptors (Lipinski definition) is 0. The molecule has 5 aromatic carbocycles. The van der Waals surface area contributed by atoms with Crippen LogP contribution in [0.4, 0.5) is 0 Å². The Bertz CT molecular complexity index is 2320. The lowest BCUT2D eigenvalue weighted by molar-refractivity contribution is 0.513. The third-order valence-corrected chi connectivity index (χ3v) is 11.0. The number of rotatable bonds is 5. The molecule has 0 spiro atoms. The maximum Gasteiger partial charge on any atom is 0.0541 e. The molecule has 2 unspecified atom stereocenters. The minimum Gasteiger partial charge on any atom is -0.309 e. The van der Waals surface area contributed by atoms with Crippen LogP contribution in [0.5, 0.6) is 0 Å². The Morgan fingerprint density at radius 1 is 0.745 bits per heavy atom. The molecular formula is C46H39N. The van der Waals surface area contributed by atoms with Gasteiger partial charge in [0.25, 0.3) is 0 Å². The third kappa shape index (κ3) is 4.52. The van der Waals surface area contributed by atoms with E-state index in [0.29, 0.717) is 5.92 Å². The minimum absolute atomic E-state index is 0.0892. The molecule has 1 heteroatoms. The summed E-state index contributed by atoms with van der Waals surface area (Å²) in [5, 5.41) is 2.59. The van der Waals surface area contributed by atoms with Crippen molar-refractivity contribution in [2.45, 2.75) is 45.4 Å². The molecule has 1 nitrogen and oxygen atoms in total. The zero-order valence-electron chi connectivity index (χ0n) is 27.2. The first-order valence-electron chi connectivity index (χ1n) is 17.2. The molecule has 0 N–H and O–H groups in total. The smallest absolute Gasteiger partial charge is 0.0541 e. The Hall–Kier alpha value is -5.14. The number of fused-ring (bicyclic) bond motifs is 6. The van der Waals surface area contributed by atoms with Crippen LogP contribution in [0.3, 0.4) is 0 Å². The Labute approximate surface area is 277 Å². The SMILES string of the molecule is CCC1=C(C2(C)C=CC=CC2)C=CC(c2cccc3c2-c2cc(-n4c5ccccc5c5cc(-c6ccccc6)ccc54)ccc2C3)C1. The summed E-state index contributed by atoms with van der Waals surface area (Å²) < 4.78 is 2.47. The van der Waals surface area contributed by atoms with Crippen molar-refractivity contribution >= 4 is 21.8 Å². The maximum absolute atomic E-state index is 2.50. The summed E-state index contributed by atoms with van der Waals surface area (Å²) in [6.07, 6.45) is 18.4. The topological polar surface area (TPSA) is 4.93 Å². The highest BCUT2D eigenvalue weighted by Gasteiger charge is 2.32. The van der Waals surface area contributed by atoms with Crippen LogP contribution in [0.25, 0.3) is 49.7 Å². The van der Waals surface area contributed by atoms with Crippen LogP contribution in [0.2, 0.25) is 0 Å². The van der Waals surface area contributed by atoms with Gasteiger partial charge in [-0.05, 0) is 101 Å².